The third-order valence-electron chi connectivity index (χ3n) is 4.25. The second kappa shape index (κ2) is 8.96. The summed E-state index contributed by atoms with van der Waals surface area (Å²) in [6.45, 7) is 2.36. The van der Waals surface area contributed by atoms with Gasteiger partial charge in [-0.15, -0.1) is 0 Å². The van der Waals surface area contributed by atoms with E-state index in [-0.39, 0.29) is 29.8 Å². The summed E-state index contributed by atoms with van der Waals surface area (Å²) in [6.07, 6.45) is 0.473. The molecule has 0 aromatic heterocycles. The van der Waals surface area contributed by atoms with Crippen LogP contribution >= 0.6 is 0 Å². The van der Waals surface area contributed by atoms with Crippen molar-refractivity contribution in [1.29, 1.82) is 0 Å². The van der Waals surface area contributed by atoms with Gasteiger partial charge in [0.2, 0.25) is 0 Å². The standard InChI is InChI=1S/C19H23N3O4/c1-14(10-11-23)21(13-15-6-4-3-5-7-15)17-9-8-16(19(24)20-2)12-18(17)22(25)26/h3-9,12,14,23H,10-11,13H2,1-2H3,(H,20,24)/t14-/m0/s1. The third kappa shape index (κ3) is 4.58. The molecule has 26 heavy (non-hydrogen) atoms. The van der Waals surface area contributed by atoms with Gasteiger partial charge in [0, 0.05) is 37.9 Å². The van der Waals surface area contributed by atoms with E-state index in [1.165, 1.54) is 13.1 Å². The number of nitro groups is 1. The number of aliphatic hydroxyl groups excluding tert-OH is 1. The Kier molecular flexibility index (Phi) is 6.68. The second-order valence-corrected chi connectivity index (χ2v) is 6.01. The van der Waals surface area contributed by atoms with Crippen molar-refractivity contribution >= 4 is 17.3 Å². The highest BCUT2D eigenvalue weighted by Crippen LogP contribution is 2.32. The van der Waals surface area contributed by atoms with E-state index in [1.54, 1.807) is 12.1 Å². The van der Waals surface area contributed by atoms with E-state index in [0.29, 0.717) is 18.7 Å². The average Bonchev–Trinajstić information content (AvgIpc) is 2.66. The fourth-order valence-corrected chi connectivity index (χ4v) is 2.80. The first kappa shape index (κ1) is 19.4. The fourth-order valence-electron chi connectivity index (χ4n) is 2.80. The molecule has 0 saturated heterocycles. The zero-order valence-electron chi connectivity index (χ0n) is 14.9. The van der Waals surface area contributed by atoms with Crippen molar-refractivity contribution in [1.82, 2.24) is 5.32 Å². The number of nitro benzene ring substituents is 1. The third-order valence-corrected chi connectivity index (χ3v) is 4.25. The highest BCUT2D eigenvalue weighted by Gasteiger charge is 2.25. The first-order chi connectivity index (χ1) is 12.5. The van der Waals surface area contributed by atoms with Gasteiger partial charge in [-0.2, -0.15) is 0 Å². The van der Waals surface area contributed by atoms with Crippen LogP contribution in [-0.2, 0) is 6.54 Å². The number of nitrogens with one attached hydrogen (secondary N) is 1. The van der Waals surface area contributed by atoms with E-state index in [0.717, 1.165) is 5.56 Å². The van der Waals surface area contributed by atoms with Crippen LogP contribution in [0.4, 0.5) is 11.4 Å². The Hall–Kier alpha value is -2.93. The van der Waals surface area contributed by atoms with Crippen LogP contribution in [0.3, 0.4) is 0 Å². The molecule has 2 aromatic carbocycles. The Morgan fingerprint density at radius 2 is 1.96 bits per heavy atom. The summed E-state index contributed by atoms with van der Waals surface area (Å²) in [5, 5.41) is 23.4. The van der Waals surface area contributed by atoms with E-state index < -0.39 is 4.92 Å². The van der Waals surface area contributed by atoms with Crippen molar-refractivity contribution in [2.45, 2.75) is 25.9 Å². The van der Waals surface area contributed by atoms with Crippen LogP contribution < -0.4 is 10.2 Å². The number of carbonyl (C=O) groups is 1. The Balaban J connectivity index is 2.48. The number of carbonyl (C=O) groups excluding carboxylic acids is 1. The lowest BCUT2D eigenvalue weighted by Crippen LogP contribution is -2.34. The van der Waals surface area contributed by atoms with Crippen LogP contribution in [0.15, 0.2) is 48.5 Å². The number of nitrogens with zero attached hydrogens (tertiary/aromatic N) is 2. The van der Waals surface area contributed by atoms with Gasteiger partial charge >= 0.3 is 0 Å². The summed E-state index contributed by atoms with van der Waals surface area (Å²) in [5.74, 6) is -0.377. The molecular formula is C19H23N3O4. The molecule has 0 heterocycles. The van der Waals surface area contributed by atoms with E-state index in [4.69, 9.17) is 0 Å². The van der Waals surface area contributed by atoms with Gasteiger partial charge in [0.25, 0.3) is 11.6 Å². The minimum atomic E-state index is -0.481. The van der Waals surface area contributed by atoms with Crippen LogP contribution in [-0.4, -0.2) is 35.6 Å². The molecule has 2 rings (SSSR count). The lowest BCUT2D eigenvalue weighted by Gasteiger charge is -2.31. The van der Waals surface area contributed by atoms with Crippen molar-refractivity contribution in [3.05, 3.63) is 69.8 Å². The Labute approximate surface area is 152 Å². The van der Waals surface area contributed by atoms with Gasteiger partial charge in [0.15, 0.2) is 0 Å². The minimum absolute atomic E-state index is 0.0173. The molecule has 1 amide bonds. The van der Waals surface area contributed by atoms with Gasteiger partial charge in [0.05, 0.1) is 4.92 Å². The first-order valence-corrected chi connectivity index (χ1v) is 8.40. The van der Waals surface area contributed by atoms with Gasteiger partial charge in [-0.05, 0) is 31.0 Å². The number of aliphatic hydroxyl groups is 1. The molecule has 0 bridgehead atoms. The largest absolute Gasteiger partial charge is 0.396 e. The van der Waals surface area contributed by atoms with Gasteiger partial charge in [0.1, 0.15) is 5.69 Å². The maximum Gasteiger partial charge on any atom is 0.293 e. The molecule has 0 spiro atoms. The molecule has 0 unspecified atom stereocenters. The summed E-state index contributed by atoms with van der Waals surface area (Å²) in [4.78, 5) is 24.8. The summed E-state index contributed by atoms with van der Waals surface area (Å²) in [5.41, 5.74) is 1.53. The molecule has 2 aromatic rings. The van der Waals surface area contributed by atoms with Crippen molar-refractivity contribution in [2.75, 3.05) is 18.6 Å². The minimum Gasteiger partial charge on any atom is -0.396 e. The molecule has 7 heteroatoms. The molecule has 0 aliphatic heterocycles. The van der Waals surface area contributed by atoms with Crippen LogP contribution in [0.2, 0.25) is 0 Å². The summed E-state index contributed by atoms with van der Waals surface area (Å²) >= 11 is 0. The molecule has 0 fully saturated rings. The lowest BCUT2D eigenvalue weighted by molar-refractivity contribution is -0.384. The van der Waals surface area contributed by atoms with Crippen molar-refractivity contribution in [2.24, 2.45) is 0 Å². The molecule has 0 aliphatic rings. The SMILES string of the molecule is CNC(=O)c1ccc(N(Cc2ccccc2)[C@@H](C)CCO)c([N+](=O)[O-])c1. The maximum atomic E-state index is 11.8. The maximum absolute atomic E-state index is 11.8. The van der Waals surface area contributed by atoms with Crippen molar-refractivity contribution < 1.29 is 14.8 Å². The van der Waals surface area contributed by atoms with E-state index in [2.05, 4.69) is 5.32 Å². The van der Waals surface area contributed by atoms with Gasteiger partial charge in [-0.3, -0.25) is 14.9 Å². The quantitative estimate of drug-likeness (QED) is 0.559. The fraction of sp³-hybridized carbons (Fsp3) is 0.316. The van der Waals surface area contributed by atoms with Crippen LogP contribution in [0.1, 0.15) is 29.3 Å². The predicted octanol–water partition coefficient (Wildman–Crippen LogP) is 2.73. The molecule has 2 N–H and O–H groups in total. The normalized spacial score (nSPS) is 11.7. The monoisotopic (exact) mass is 357 g/mol. The number of rotatable bonds is 8. The van der Waals surface area contributed by atoms with Crippen LogP contribution in [0.25, 0.3) is 0 Å². The van der Waals surface area contributed by atoms with Gasteiger partial charge in [-0.1, -0.05) is 30.3 Å². The first-order valence-electron chi connectivity index (χ1n) is 8.40. The Morgan fingerprint density at radius 3 is 2.54 bits per heavy atom. The summed E-state index contributed by atoms with van der Waals surface area (Å²) in [6, 6.07) is 14.0. The molecule has 1 atom stereocenters. The number of anilines is 1. The molecule has 0 aliphatic carbocycles. The zero-order valence-corrected chi connectivity index (χ0v) is 14.9. The topological polar surface area (TPSA) is 95.7 Å². The Morgan fingerprint density at radius 1 is 1.27 bits per heavy atom. The zero-order chi connectivity index (χ0) is 19.1. The van der Waals surface area contributed by atoms with E-state index in [1.807, 2.05) is 42.2 Å². The second-order valence-electron chi connectivity index (χ2n) is 6.01. The molecule has 7 nitrogen and oxygen atoms in total. The number of benzene rings is 2. The molecule has 138 valence electrons. The van der Waals surface area contributed by atoms with Crippen LogP contribution in [0, 0.1) is 10.1 Å². The molecular weight excluding hydrogens is 334 g/mol. The van der Waals surface area contributed by atoms with Crippen LogP contribution in [0.5, 0.6) is 0 Å². The smallest absolute Gasteiger partial charge is 0.293 e. The van der Waals surface area contributed by atoms with E-state index >= 15 is 0 Å². The highest BCUT2D eigenvalue weighted by molar-refractivity contribution is 5.95. The van der Waals surface area contributed by atoms with Gasteiger partial charge in [-0.25, -0.2) is 0 Å². The number of hydrogen-bond acceptors (Lipinski definition) is 5. The van der Waals surface area contributed by atoms with Gasteiger partial charge < -0.3 is 15.3 Å². The molecule has 0 saturated carbocycles. The lowest BCUT2D eigenvalue weighted by atomic mass is 10.1. The summed E-state index contributed by atoms with van der Waals surface area (Å²) in [7, 11) is 1.48. The highest BCUT2D eigenvalue weighted by atomic mass is 16.6. The Bertz CT molecular complexity index is 765. The van der Waals surface area contributed by atoms with E-state index in [9.17, 15) is 20.0 Å². The summed E-state index contributed by atoms with van der Waals surface area (Å²) < 4.78 is 0. The average molecular weight is 357 g/mol. The predicted molar refractivity (Wildman–Crippen MR) is 100 cm³/mol. The van der Waals surface area contributed by atoms with Crippen molar-refractivity contribution in [3.8, 4) is 0 Å². The number of amides is 1. The number of hydrogen-bond donors (Lipinski definition) is 2. The van der Waals surface area contributed by atoms with Crippen molar-refractivity contribution in [3.63, 3.8) is 0 Å². The molecule has 0 radical (unpaired) electrons.